The Morgan fingerprint density at radius 3 is 1.79 bits per heavy atom. The van der Waals surface area contributed by atoms with Gasteiger partial charge >= 0.3 is 0 Å². The molecule has 1 spiro atoms. The molecule has 2 aliphatic rings. The van der Waals surface area contributed by atoms with Crippen molar-refractivity contribution in [2.45, 2.75) is 38.0 Å². The molecule has 0 atom stereocenters. The Morgan fingerprint density at radius 2 is 1.21 bits per heavy atom. The van der Waals surface area contributed by atoms with Crippen LogP contribution in [0.4, 0.5) is 0 Å². The minimum atomic E-state index is -0.106. The molecule has 2 heterocycles. The second-order valence-corrected chi connectivity index (χ2v) is 10.1. The molecule has 5 rings (SSSR count). The molecule has 2 aliphatic heterocycles. The molecule has 2 fully saturated rings. The number of nitrogens with zero attached hydrogens (tertiary/aromatic N) is 2. The first-order valence-electron chi connectivity index (χ1n) is 12.9. The van der Waals surface area contributed by atoms with Gasteiger partial charge in [0, 0.05) is 19.0 Å². The number of carbonyl (C=O) groups excluding carboxylic acids is 1. The first kappa shape index (κ1) is 22.9. The predicted molar refractivity (Wildman–Crippen MR) is 139 cm³/mol. The largest absolute Gasteiger partial charge is 0.342 e. The average Bonchev–Trinajstić information content (AvgIpc) is 3.20. The van der Waals surface area contributed by atoms with Crippen LogP contribution in [0.15, 0.2) is 91.0 Å². The Hall–Kier alpha value is -2.91. The smallest absolute Gasteiger partial charge is 0.228 e. The lowest BCUT2D eigenvalue weighted by Gasteiger charge is -2.38. The summed E-state index contributed by atoms with van der Waals surface area (Å²) in [5.41, 5.74) is 3.99. The molecule has 3 nitrogen and oxygen atoms in total. The van der Waals surface area contributed by atoms with Crippen LogP contribution in [0.25, 0.3) is 0 Å². The van der Waals surface area contributed by atoms with Gasteiger partial charge in [-0.1, -0.05) is 91.0 Å². The SMILES string of the molecule is O=C1N(CCc2ccccc2)CCC12CCN(CCC(c1ccccc1)c1ccccc1)CC2. The molecule has 0 saturated carbocycles. The van der Waals surface area contributed by atoms with Gasteiger partial charge in [0.05, 0.1) is 5.41 Å². The van der Waals surface area contributed by atoms with Gasteiger partial charge in [0.15, 0.2) is 0 Å². The molecule has 3 aromatic carbocycles. The molecule has 0 aromatic heterocycles. The van der Waals surface area contributed by atoms with E-state index in [2.05, 4.69) is 101 Å². The number of piperidine rings is 1. The minimum absolute atomic E-state index is 0.106. The van der Waals surface area contributed by atoms with E-state index in [4.69, 9.17) is 0 Å². The Bertz CT molecular complexity index is 1000. The summed E-state index contributed by atoms with van der Waals surface area (Å²) in [6.45, 7) is 4.93. The molecule has 0 radical (unpaired) electrons. The van der Waals surface area contributed by atoms with Crippen LogP contribution in [0.1, 0.15) is 48.3 Å². The van der Waals surface area contributed by atoms with Crippen LogP contribution in [0.5, 0.6) is 0 Å². The van der Waals surface area contributed by atoms with E-state index in [9.17, 15) is 4.79 Å². The second-order valence-electron chi connectivity index (χ2n) is 10.1. The summed E-state index contributed by atoms with van der Waals surface area (Å²) < 4.78 is 0. The van der Waals surface area contributed by atoms with Crippen LogP contribution >= 0.6 is 0 Å². The fourth-order valence-corrected chi connectivity index (χ4v) is 5.89. The molecular weight excluding hydrogens is 416 g/mol. The summed E-state index contributed by atoms with van der Waals surface area (Å²) in [6.07, 6.45) is 5.11. The quantitative estimate of drug-likeness (QED) is 0.433. The minimum Gasteiger partial charge on any atom is -0.342 e. The lowest BCUT2D eigenvalue weighted by Crippen LogP contribution is -2.45. The van der Waals surface area contributed by atoms with Crippen molar-refractivity contribution in [1.82, 2.24) is 9.80 Å². The normalized spacial score (nSPS) is 18.1. The maximum absolute atomic E-state index is 13.4. The lowest BCUT2D eigenvalue weighted by molar-refractivity contribution is -0.138. The van der Waals surface area contributed by atoms with Crippen molar-refractivity contribution in [2.75, 3.05) is 32.7 Å². The van der Waals surface area contributed by atoms with E-state index < -0.39 is 0 Å². The third-order valence-corrected chi connectivity index (χ3v) is 8.07. The van der Waals surface area contributed by atoms with Gasteiger partial charge in [-0.2, -0.15) is 0 Å². The van der Waals surface area contributed by atoms with Gasteiger partial charge in [-0.25, -0.2) is 0 Å². The van der Waals surface area contributed by atoms with Crippen molar-refractivity contribution in [2.24, 2.45) is 5.41 Å². The van der Waals surface area contributed by atoms with Gasteiger partial charge in [-0.05, 0) is 68.4 Å². The number of hydrogen-bond acceptors (Lipinski definition) is 2. The molecule has 3 aromatic rings. The molecule has 176 valence electrons. The molecule has 1 amide bonds. The Labute approximate surface area is 204 Å². The van der Waals surface area contributed by atoms with E-state index >= 15 is 0 Å². The van der Waals surface area contributed by atoms with Crippen LogP contribution in [-0.4, -0.2) is 48.4 Å². The van der Waals surface area contributed by atoms with E-state index in [1.165, 1.54) is 16.7 Å². The van der Waals surface area contributed by atoms with E-state index in [0.717, 1.165) is 64.8 Å². The van der Waals surface area contributed by atoms with Gasteiger partial charge in [0.1, 0.15) is 0 Å². The summed E-state index contributed by atoms with van der Waals surface area (Å²) in [5.74, 6) is 0.828. The summed E-state index contributed by atoms with van der Waals surface area (Å²) in [5, 5.41) is 0. The van der Waals surface area contributed by atoms with Crippen molar-refractivity contribution in [3.05, 3.63) is 108 Å². The number of hydrogen-bond donors (Lipinski definition) is 0. The number of amides is 1. The van der Waals surface area contributed by atoms with E-state index in [-0.39, 0.29) is 5.41 Å². The molecule has 0 unspecified atom stereocenters. The van der Waals surface area contributed by atoms with Crippen molar-refractivity contribution in [1.29, 1.82) is 0 Å². The van der Waals surface area contributed by atoms with Gasteiger partial charge in [-0.15, -0.1) is 0 Å². The first-order chi connectivity index (χ1) is 16.7. The average molecular weight is 453 g/mol. The van der Waals surface area contributed by atoms with Gasteiger partial charge in [0.2, 0.25) is 5.91 Å². The van der Waals surface area contributed by atoms with Crippen LogP contribution in [0.3, 0.4) is 0 Å². The van der Waals surface area contributed by atoms with Crippen LogP contribution in [-0.2, 0) is 11.2 Å². The summed E-state index contributed by atoms with van der Waals surface area (Å²) in [7, 11) is 0. The molecular formula is C31H36N2O. The van der Waals surface area contributed by atoms with Crippen molar-refractivity contribution >= 4 is 5.91 Å². The summed E-state index contributed by atoms with van der Waals surface area (Å²) in [4.78, 5) is 18.1. The molecule has 2 saturated heterocycles. The molecule has 0 aliphatic carbocycles. The van der Waals surface area contributed by atoms with Crippen molar-refractivity contribution in [3.8, 4) is 0 Å². The van der Waals surface area contributed by atoms with E-state index in [1.54, 1.807) is 0 Å². The molecule has 0 N–H and O–H groups in total. The Kier molecular flexibility index (Phi) is 7.10. The Morgan fingerprint density at radius 1 is 0.676 bits per heavy atom. The first-order valence-corrected chi connectivity index (χ1v) is 12.9. The van der Waals surface area contributed by atoms with Gasteiger partial charge in [0.25, 0.3) is 0 Å². The lowest BCUT2D eigenvalue weighted by atomic mass is 9.77. The number of carbonyl (C=O) groups is 1. The highest BCUT2D eigenvalue weighted by atomic mass is 16.2. The topological polar surface area (TPSA) is 23.6 Å². The van der Waals surface area contributed by atoms with E-state index in [1.807, 2.05) is 0 Å². The molecule has 34 heavy (non-hydrogen) atoms. The third-order valence-electron chi connectivity index (χ3n) is 8.07. The zero-order valence-corrected chi connectivity index (χ0v) is 20.1. The third kappa shape index (κ3) is 5.10. The molecule has 0 bridgehead atoms. The van der Waals surface area contributed by atoms with E-state index in [0.29, 0.717) is 11.8 Å². The number of likely N-dealkylation sites (tertiary alicyclic amines) is 2. The van der Waals surface area contributed by atoms with Gasteiger partial charge in [-0.3, -0.25) is 4.79 Å². The van der Waals surface area contributed by atoms with Crippen LogP contribution < -0.4 is 0 Å². The highest BCUT2D eigenvalue weighted by Crippen LogP contribution is 2.42. The maximum atomic E-state index is 13.4. The standard InChI is InChI=1S/C31H36N2O/c34-30-31(20-25-33(30)22-16-26-10-4-1-5-11-26)18-23-32(24-19-31)21-17-29(27-12-6-2-7-13-27)28-14-8-3-9-15-28/h1-15,29H,16-25H2. The summed E-state index contributed by atoms with van der Waals surface area (Å²) >= 11 is 0. The molecule has 3 heteroatoms. The second kappa shape index (κ2) is 10.6. The fourth-order valence-electron chi connectivity index (χ4n) is 5.89. The fraction of sp³-hybridized carbons (Fsp3) is 0.387. The number of rotatable bonds is 8. The van der Waals surface area contributed by atoms with Crippen molar-refractivity contribution < 1.29 is 4.79 Å². The number of benzene rings is 3. The van der Waals surface area contributed by atoms with Gasteiger partial charge < -0.3 is 9.80 Å². The monoisotopic (exact) mass is 452 g/mol. The zero-order chi connectivity index (χ0) is 23.2. The predicted octanol–water partition coefficient (Wildman–Crippen LogP) is 5.77. The highest BCUT2D eigenvalue weighted by Gasteiger charge is 2.47. The zero-order valence-electron chi connectivity index (χ0n) is 20.1. The van der Waals surface area contributed by atoms with Crippen LogP contribution in [0.2, 0.25) is 0 Å². The van der Waals surface area contributed by atoms with Crippen molar-refractivity contribution in [3.63, 3.8) is 0 Å². The summed E-state index contributed by atoms with van der Waals surface area (Å²) in [6, 6.07) is 32.3. The van der Waals surface area contributed by atoms with Crippen LogP contribution in [0, 0.1) is 5.41 Å². The maximum Gasteiger partial charge on any atom is 0.228 e. The Balaban J connectivity index is 1.15. The highest BCUT2D eigenvalue weighted by molar-refractivity contribution is 5.85.